The molecular weight excluding hydrogens is 962 g/mol. The van der Waals surface area contributed by atoms with Crippen molar-refractivity contribution in [1.82, 2.24) is 34.1 Å². The first-order valence-electron chi connectivity index (χ1n) is 26.7. The van der Waals surface area contributed by atoms with Gasteiger partial charge in [-0.05, 0) is 117 Å². The van der Waals surface area contributed by atoms with Gasteiger partial charge < -0.3 is 28.0 Å². The predicted molar refractivity (Wildman–Crippen MR) is 297 cm³/mol. The molecule has 3 atom stereocenters. The molecule has 2 aliphatic rings. The van der Waals surface area contributed by atoms with Gasteiger partial charge in [-0.2, -0.15) is 0 Å². The molecule has 3 unspecified atom stereocenters. The highest BCUT2D eigenvalue weighted by molar-refractivity contribution is 6.31. The van der Waals surface area contributed by atoms with Gasteiger partial charge in [0, 0.05) is 105 Å². The Hall–Kier alpha value is -6.25. The number of benzene rings is 3. The number of carbonyl (C=O) groups excluding carboxylic acids is 2. The monoisotopic (exact) mass is 1040 g/mol. The summed E-state index contributed by atoms with van der Waals surface area (Å²) >= 11 is 6.60. The molecule has 0 N–H and O–H groups in total. The number of fused-ring (bicyclic) bond motifs is 1. The number of amides is 1. The fourth-order valence-electron chi connectivity index (χ4n) is 10.8. The number of ether oxygens (including phenoxy) is 2. The van der Waals surface area contributed by atoms with Crippen LogP contribution in [0.25, 0.3) is 22.2 Å². The van der Waals surface area contributed by atoms with Gasteiger partial charge in [0.15, 0.2) is 5.78 Å². The molecule has 0 saturated carbocycles. The lowest BCUT2D eigenvalue weighted by molar-refractivity contribution is -0.129. The van der Waals surface area contributed by atoms with Gasteiger partial charge >= 0.3 is 0 Å². The van der Waals surface area contributed by atoms with E-state index >= 15 is 0 Å². The molecular formula is C61H74ClN7O6. The van der Waals surface area contributed by atoms with Gasteiger partial charge in [-0.3, -0.25) is 24.3 Å². The number of Topliss-reactive ketones (excluding diaryl/α,β-unsaturated/α-hetero) is 1. The van der Waals surface area contributed by atoms with E-state index in [1.807, 2.05) is 76.2 Å². The highest BCUT2D eigenvalue weighted by Gasteiger charge is 2.40. The Morgan fingerprint density at radius 3 is 2.20 bits per heavy atom. The molecule has 1 amide bonds. The molecule has 14 heteroatoms. The Bertz CT molecular complexity index is 3010. The van der Waals surface area contributed by atoms with E-state index in [1.54, 1.807) is 37.3 Å². The lowest BCUT2D eigenvalue weighted by Crippen LogP contribution is -2.53. The van der Waals surface area contributed by atoms with Crippen LogP contribution in [0.5, 0.6) is 0 Å². The van der Waals surface area contributed by atoms with Crippen LogP contribution in [0.3, 0.4) is 0 Å². The molecule has 0 aliphatic carbocycles. The molecule has 0 radical (unpaired) electrons. The van der Waals surface area contributed by atoms with Crippen molar-refractivity contribution in [2.24, 2.45) is 18.9 Å². The average Bonchev–Trinajstić information content (AvgIpc) is 3.95. The summed E-state index contributed by atoms with van der Waals surface area (Å²) in [6, 6.07) is 30.2. The minimum atomic E-state index is -0.612. The van der Waals surface area contributed by atoms with Crippen molar-refractivity contribution >= 4 is 34.3 Å². The second-order valence-corrected chi connectivity index (χ2v) is 21.4. The normalized spacial score (nSPS) is 15.7. The van der Waals surface area contributed by atoms with Crippen LogP contribution in [0.1, 0.15) is 115 Å². The van der Waals surface area contributed by atoms with Crippen molar-refractivity contribution in [3.63, 3.8) is 0 Å². The van der Waals surface area contributed by atoms with Crippen molar-refractivity contribution in [2.45, 2.75) is 112 Å². The van der Waals surface area contributed by atoms with Crippen molar-refractivity contribution in [1.29, 1.82) is 0 Å². The quantitative estimate of drug-likeness (QED) is 0.0866. The molecule has 75 heavy (non-hydrogen) atoms. The molecule has 2 saturated heterocycles. The summed E-state index contributed by atoms with van der Waals surface area (Å²) in [5.74, 6) is 1.64. The van der Waals surface area contributed by atoms with Gasteiger partial charge in [-0.1, -0.05) is 99.0 Å². The summed E-state index contributed by atoms with van der Waals surface area (Å²) in [5.41, 5.74) is 10.2. The summed E-state index contributed by atoms with van der Waals surface area (Å²) in [4.78, 5) is 54.7. The van der Waals surface area contributed by atoms with Gasteiger partial charge in [0.1, 0.15) is 11.6 Å². The summed E-state index contributed by atoms with van der Waals surface area (Å²) < 4.78 is 20.5. The number of imidazole rings is 1. The Kier molecular flexibility index (Phi) is 18.4. The van der Waals surface area contributed by atoms with Gasteiger partial charge in [-0.25, -0.2) is 4.98 Å². The number of aryl methyl sites for hydroxylation is 6. The number of aromatic nitrogens is 5. The molecule has 6 heterocycles. The fourth-order valence-corrected chi connectivity index (χ4v) is 11.2. The smallest absolute Gasteiger partial charge is 0.256 e. The number of pyridine rings is 2. The standard InChI is InChI=1S/C31H37N3O4.C30H37ClN4O2/c1-21(2)29(35)28(24-13-16-38-17-14-24)34(31(37)25-18-22(3)30(36)33(4)19-25)20-26(23-10-6-5-7-11-23)27-12-8-9-15-32-27;1-19(2)25-9-6-23(16-26(25)31)7-11-29-32-27-17-24(30-21(4)33-37-22(30)5)8-10-28(27)35(29)18-20(3)34-12-14-36-15-13-34/h5-12,15,18-19,21,24,26,28H,13-14,16-17,20H2,1-4H3;6,8-10,16-17,19-20H,7,11-15,18H2,1-5H3. The first-order valence-corrected chi connectivity index (χ1v) is 27.0. The zero-order valence-corrected chi connectivity index (χ0v) is 46.0. The summed E-state index contributed by atoms with van der Waals surface area (Å²) in [6.07, 6.45) is 6.48. The first kappa shape index (κ1) is 55.0. The van der Waals surface area contributed by atoms with E-state index in [0.29, 0.717) is 49.1 Å². The third-order valence-electron chi connectivity index (χ3n) is 15.0. The number of hydrogen-bond donors (Lipinski definition) is 0. The molecule has 4 aromatic heterocycles. The van der Waals surface area contributed by atoms with Gasteiger partial charge in [0.2, 0.25) is 0 Å². The highest BCUT2D eigenvalue weighted by Crippen LogP contribution is 2.34. The van der Waals surface area contributed by atoms with Crippen LogP contribution in [-0.2, 0) is 40.7 Å². The third kappa shape index (κ3) is 13.1. The lowest BCUT2D eigenvalue weighted by Gasteiger charge is -2.40. The summed E-state index contributed by atoms with van der Waals surface area (Å²) in [6.45, 7) is 21.9. The Balaban J connectivity index is 0.000000199. The van der Waals surface area contributed by atoms with Gasteiger partial charge in [0.05, 0.1) is 41.5 Å². The number of carbonyl (C=O) groups is 2. The van der Waals surface area contributed by atoms with Crippen molar-refractivity contribution in [3.05, 3.63) is 170 Å². The Morgan fingerprint density at radius 1 is 0.840 bits per heavy atom. The maximum absolute atomic E-state index is 14.4. The maximum atomic E-state index is 14.4. The molecule has 7 aromatic rings. The van der Waals surface area contributed by atoms with Crippen LogP contribution in [0.2, 0.25) is 5.02 Å². The fraction of sp³-hybridized carbons (Fsp3) is 0.443. The van der Waals surface area contributed by atoms with E-state index in [-0.39, 0.29) is 41.5 Å². The molecule has 2 aliphatic heterocycles. The van der Waals surface area contributed by atoms with Crippen LogP contribution in [-0.4, -0.2) is 104 Å². The largest absolute Gasteiger partial charge is 0.381 e. The van der Waals surface area contributed by atoms with Gasteiger partial charge in [-0.15, -0.1) is 0 Å². The SMILES string of the molecule is Cc1cc(C(=O)N(CC(c2ccccc2)c2ccccn2)C(C(=O)C(C)C)C2CCOCC2)cn(C)c1=O.Cc1noc(C)c1-c1ccc2c(c1)nc(CCc1ccc(C(C)C)c(Cl)c1)n2CC(C)N1CCOCC1. The summed E-state index contributed by atoms with van der Waals surface area (Å²) in [5, 5.41) is 5.00. The van der Waals surface area contributed by atoms with Crippen LogP contribution >= 0.6 is 11.6 Å². The zero-order valence-electron chi connectivity index (χ0n) is 45.2. The van der Waals surface area contributed by atoms with E-state index < -0.39 is 6.04 Å². The van der Waals surface area contributed by atoms with Crippen molar-refractivity contribution < 1.29 is 23.6 Å². The number of ketones is 1. The molecule has 13 nitrogen and oxygen atoms in total. The van der Waals surface area contributed by atoms with Crippen molar-refractivity contribution in [2.75, 3.05) is 46.1 Å². The molecule has 396 valence electrons. The molecule has 3 aromatic carbocycles. The lowest BCUT2D eigenvalue weighted by atomic mass is 9.83. The number of halogens is 1. The molecule has 2 fully saturated rings. The number of rotatable bonds is 17. The van der Waals surface area contributed by atoms with Crippen LogP contribution < -0.4 is 5.56 Å². The third-order valence-corrected chi connectivity index (χ3v) is 15.3. The maximum Gasteiger partial charge on any atom is 0.256 e. The van der Waals surface area contributed by atoms with E-state index in [9.17, 15) is 14.4 Å². The summed E-state index contributed by atoms with van der Waals surface area (Å²) in [7, 11) is 1.65. The molecule has 0 bridgehead atoms. The first-order chi connectivity index (χ1) is 36.1. The van der Waals surface area contributed by atoms with E-state index in [2.05, 4.69) is 76.8 Å². The minimum Gasteiger partial charge on any atom is -0.381 e. The van der Waals surface area contributed by atoms with Crippen molar-refractivity contribution in [3.8, 4) is 11.1 Å². The molecule has 9 rings (SSSR count). The second kappa shape index (κ2) is 25.1. The Morgan fingerprint density at radius 2 is 1.56 bits per heavy atom. The van der Waals surface area contributed by atoms with E-state index in [1.165, 1.54) is 21.2 Å². The topological polar surface area (TPSA) is 138 Å². The van der Waals surface area contributed by atoms with E-state index in [0.717, 1.165) is 95.9 Å². The van der Waals surface area contributed by atoms with E-state index in [4.69, 9.17) is 30.6 Å². The van der Waals surface area contributed by atoms with Crippen LogP contribution in [0.4, 0.5) is 0 Å². The number of morpholine rings is 1. The van der Waals surface area contributed by atoms with Crippen LogP contribution in [0.15, 0.2) is 113 Å². The zero-order chi connectivity index (χ0) is 53.3. The number of hydrogen-bond acceptors (Lipinski definition) is 10. The average molecular weight is 1040 g/mol. The molecule has 0 spiro atoms. The van der Waals surface area contributed by atoms with Crippen LogP contribution in [0, 0.1) is 32.6 Å². The number of nitrogens with zero attached hydrogens (tertiary/aromatic N) is 7. The second-order valence-electron chi connectivity index (χ2n) is 21.0. The minimum absolute atomic E-state index is 0.0172. The Labute approximate surface area is 447 Å². The van der Waals surface area contributed by atoms with Gasteiger partial charge in [0.25, 0.3) is 11.5 Å². The highest BCUT2D eigenvalue weighted by atomic mass is 35.5. The predicted octanol–water partition coefficient (Wildman–Crippen LogP) is 11.0.